The molecule has 0 aliphatic heterocycles. The molecule has 0 bridgehead atoms. The molecule has 102 valence electrons. The minimum atomic E-state index is -0.180. The third-order valence-electron chi connectivity index (χ3n) is 2.98. The molecule has 0 amide bonds. The molecule has 2 aromatic rings. The zero-order chi connectivity index (χ0) is 13.7. The summed E-state index contributed by atoms with van der Waals surface area (Å²) in [7, 11) is 0. The van der Waals surface area contributed by atoms with E-state index in [1.165, 1.54) is 22.0 Å². The average molecular weight is 278 g/mol. The van der Waals surface area contributed by atoms with E-state index in [4.69, 9.17) is 0 Å². The largest absolute Gasteiger partial charge is 0.309 e. The number of hydrogen-bond acceptors (Lipinski definition) is 3. The Morgan fingerprint density at radius 3 is 2.68 bits per heavy atom. The Balaban J connectivity index is 1.81. The van der Waals surface area contributed by atoms with Crippen molar-refractivity contribution in [3.63, 3.8) is 0 Å². The third-order valence-corrected chi connectivity index (χ3v) is 4.13. The maximum Gasteiger partial charge on any atom is 0.123 e. The Kier molecular flexibility index (Phi) is 5.05. The van der Waals surface area contributed by atoms with Crippen molar-refractivity contribution in [2.45, 2.75) is 39.3 Å². The molecule has 0 saturated heterocycles. The second-order valence-electron chi connectivity index (χ2n) is 4.69. The Morgan fingerprint density at radius 1 is 1.32 bits per heavy atom. The van der Waals surface area contributed by atoms with Gasteiger partial charge in [-0.2, -0.15) is 0 Å². The molecule has 4 heteroatoms. The van der Waals surface area contributed by atoms with Crippen molar-refractivity contribution < 1.29 is 4.39 Å². The summed E-state index contributed by atoms with van der Waals surface area (Å²) in [5.74, 6) is -0.180. The highest BCUT2D eigenvalue weighted by molar-refractivity contribution is 7.11. The average Bonchev–Trinajstić information content (AvgIpc) is 2.87. The van der Waals surface area contributed by atoms with E-state index in [0.717, 1.165) is 24.9 Å². The molecule has 2 nitrogen and oxygen atoms in total. The maximum atomic E-state index is 12.8. The zero-order valence-corrected chi connectivity index (χ0v) is 12.1. The predicted molar refractivity (Wildman–Crippen MR) is 77.9 cm³/mol. The summed E-state index contributed by atoms with van der Waals surface area (Å²) in [6, 6.07) is 7.07. The number of nitrogens with one attached hydrogen (secondary N) is 1. The summed E-state index contributed by atoms with van der Waals surface area (Å²) in [4.78, 5) is 5.61. The van der Waals surface area contributed by atoms with E-state index < -0.39 is 0 Å². The van der Waals surface area contributed by atoms with Gasteiger partial charge in [0.15, 0.2) is 0 Å². The zero-order valence-electron chi connectivity index (χ0n) is 11.3. The maximum absolute atomic E-state index is 12.8. The number of thiazole rings is 1. The number of halogens is 1. The smallest absolute Gasteiger partial charge is 0.123 e. The van der Waals surface area contributed by atoms with Crippen LogP contribution in [0.2, 0.25) is 0 Å². The first-order chi connectivity index (χ1) is 9.17. The van der Waals surface area contributed by atoms with Crippen LogP contribution in [0.15, 0.2) is 30.5 Å². The molecule has 1 aromatic heterocycles. The molecule has 0 aliphatic rings. The van der Waals surface area contributed by atoms with Gasteiger partial charge < -0.3 is 5.32 Å². The van der Waals surface area contributed by atoms with E-state index in [1.807, 2.05) is 18.3 Å². The van der Waals surface area contributed by atoms with E-state index in [-0.39, 0.29) is 5.82 Å². The Hall–Kier alpha value is -1.26. The van der Waals surface area contributed by atoms with Crippen molar-refractivity contribution in [2.75, 3.05) is 0 Å². The van der Waals surface area contributed by atoms with E-state index in [2.05, 4.69) is 24.1 Å². The van der Waals surface area contributed by atoms with E-state index >= 15 is 0 Å². The minimum absolute atomic E-state index is 0.180. The van der Waals surface area contributed by atoms with Crippen molar-refractivity contribution in [1.29, 1.82) is 0 Å². The van der Waals surface area contributed by atoms with Crippen LogP contribution in [0, 0.1) is 5.82 Å². The highest BCUT2D eigenvalue weighted by Gasteiger charge is 2.05. The van der Waals surface area contributed by atoms with Gasteiger partial charge in [0.25, 0.3) is 0 Å². The van der Waals surface area contributed by atoms with Crippen LogP contribution < -0.4 is 5.32 Å². The third kappa shape index (κ3) is 4.40. The fraction of sp³-hybridized carbons (Fsp3) is 0.400. The summed E-state index contributed by atoms with van der Waals surface area (Å²) in [5, 5.41) is 4.66. The van der Waals surface area contributed by atoms with E-state index in [1.54, 1.807) is 11.3 Å². The monoisotopic (exact) mass is 278 g/mol. The number of aromatic nitrogens is 1. The topological polar surface area (TPSA) is 24.9 Å². The van der Waals surface area contributed by atoms with Gasteiger partial charge in [-0.15, -0.1) is 11.3 Å². The van der Waals surface area contributed by atoms with Gasteiger partial charge >= 0.3 is 0 Å². The molecular weight excluding hydrogens is 259 g/mol. The molecule has 0 fully saturated rings. The van der Waals surface area contributed by atoms with Crippen LogP contribution in [-0.4, -0.2) is 11.0 Å². The summed E-state index contributed by atoms with van der Waals surface area (Å²) < 4.78 is 12.8. The molecule has 19 heavy (non-hydrogen) atoms. The molecule has 0 saturated carbocycles. The second-order valence-corrected chi connectivity index (χ2v) is 5.89. The van der Waals surface area contributed by atoms with Crippen LogP contribution in [0.1, 0.15) is 29.3 Å². The molecule has 2 rings (SSSR count). The highest BCUT2D eigenvalue weighted by atomic mass is 32.1. The number of hydrogen-bond donors (Lipinski definition) is 1. The lowest BCUT2D eigenvalue weighted by Gasteiger charge is -2.12. The van der Waals surface area contributed by atoms with Gasteiger partial charge in [-0.1, -0.05) is 19.1 Å². The van der Waals surface area contributed by atoms with E-state index in [9.17, 15) is 4.39 Å². The van der Waals surface area contributed by atoms with Crippen LogP contribution in [0.25, 0.3) is 0 Å². The van der Waals surface area contributed by atoms with E-state index in [0.29, 0.717) is 6.04 Å². The molecule has 0 spiro atoms. The lowest BCUT2D eigenvalue weighted by atomic mass is 10.1. The quantitative estimate of drug-likeness (QED) is 0.874. The first-order valence-electron chi connectivity index (χ1n) is 6.58. The Bertz CT molecular complexity index is 507. The van der Waals surface area contributed by atoms with Crippen LogP contribution >= 0.6 is 11.3 Å². The normalized spacial score (nSPS) is 12.6. The molecule has 0 aliphatic carbocycles. The van der Waals surface area contributed by atoms with Crippen LogP contribution in [-0.2, 0) is 19.4 Å². The molecule has 1 heterocycles. The lowest BCUT2D eigenvalue weighted by molar-refractivity contribution is 0.547. The second kappa shape index (κ2) is 6.78. The lowest BCUT2D eigenvalue weighted by Crippen LogP contribution is -2.27. The minimum Gasteiger partial charge on any atom is -0.309 e. The predicted octanol–water partition coefficient (Wildman–Crippen LogP) is 3.57. The number of aryl methyl sites for hydroxylation is 1. The van der Waals surface area contributed by atoms with Crippen molar-refractivity contribution >= 4 is 11.3 Å². The van der Waals surface area contributed by atoms with Crippen LogP contribution in [0.4, 0.5) is 4.39 Å². The van der Waals surface area contributed by atoms with Gasteiger partial charge in [0.2, 0.25) is 0 Å². The van der Waals surface area contributed by atoms with Crippen LogP contribution in [0.3, 0.4) is 0 Å². The summed E-state index contributed by atoms with van der Waals surface area (Å²) in [6.45, 7) is 5.11. The summed E-state index contributed by atoms with van der Waals surface area (Å²) in [6.07, 6.45) is 3.84. The fourth-order valence-electron chi connectivity index (χ4n) is 1.91. The van der Waals surface area contributed by atoms with Crippen LogP contribution in [0.5, 0.6) is 0 Å². The van der Waals surface area contributed by atoms with Crippen molar-refractivity contribution in [1.82, 2.24) is 10.3 Å². The molecule has 0 radical (unpaired) electrons. The van der Waals surface area contributed by atoms with Crippen molar-refractivity contribution in [2.24, 2.45) is 0 Å². The first kappa shape index (κ1) is 14.2. The van der Waals surface area contributed by atoms with Gasteiger partial charge in [0.1, 0.15) is 5.82 Å². The van der Waals surface area contributed by atoms with Gasteiger partial charge in [0, 0.05) is 23.7 Å². The molecule has 1 aromatic carbocycles. The Morgan fingerprint density at radius 2 is 2.05 bits per heavy atom. The van der Waals surface area contributed by atoms with Gasteiger partial charge in [-0.05, 0) is 37.5 Å². The SMILES string of the molecule is CCc1ncc(CNC(C)Cc2ccc(F)cc2)s1. The highest BCUT2D eigenvalue weighted by Crippen LogP contribution is 2.13. The van der Waals surface area contributed by atoms with Gasteiger partial charge in [-0.3, -0.25) is 0 Å². The Labute approximate surface area is 117 Å². The first-order valence-corrected chi connectivity index (χ1v) is 7.40. The molecular formula is C15H19FN2S. The van der Waals surface area contributed by atoms with Gasteiger partial charge in [0.05, 0.1) is 5.01 Å². The van der Waals surface area contributed by atoms with Crippen molar-refractivity contribution in [3.05, 3.63) is 51.7 Å². The summed E-state index contributed by atoms with van der Waals surface area (Å²) >= 11 is 1.76. The number of benzene rings is 1. The molecule has 1 unspecified atom stereocenters. The van der Waals surface area contributed by atoms with Crippen molar-refractivity contribution in [3.8, 4) is 0 Å². The standard InChI is InChI=1S/C15H19FN2S/c1-3-15-18-10-14(19-15)9-17-11(2)8-12-4-6-13(16)7-5-12/h4-7,10-11,17H,3,8-9H2,1-2H3. The number of nitrogens with zero attached hydrogens (tertiary/aromatic N) is 1. The molecule has 1 atom stereocenters. The fourth-order valence-corrected chi connectivity index (χ4v) is 2.73. The van der Waals surface area contributed by atoms with Gasteiger partial charge in [-0.25, -0.2) is 9.37 Å². The number of rotatable bonds is 6. The molecule has 1 N–H and O–H groups in total. The summed E-state index contributed by atoms with van der Waals surface area (Å²) in [5.41, 5.74) is 1.15.